The number of nitrogens with one attached hydrogen (secondary N) is 1. The average Bonchev–Trinajstić information content (AvgIpc) is 2.82. The molecule has 0 fully saturated rings. The molecule has 1 N–H and O–H groups in total. The average molecular weight is 283 g/mol. The zero-order chi connectivity index (χ0) is 13.0. The van der Waals surface area contributed by atoms with Gasteiger partial charge in [0.2, 0.25) is 0 Å². The van der Waals surface area contributed by atoms with Crippen molar-refractivity contribution in [3.63, 3.8) is 0 Å². The van der Waals surface area contributed by atoms with Gasteiger partial charge < -0.3 is 5.32 Å². The molecule has 0 aliphatic carbocycles. The lowest BCUT2D eigenvalue weighted by Gasteiger charge is -2.09. The Morgan fingerprint density at radius 1 is 1.44 bits per heavy atom. The Labute approximate surface area is 114 Å². The number of hydrogen-bond donors (Lipinski definition) is 1. The molecule has 0 spiro atoms. The van der Waals surface area contributed by atoms with Gasteiger partial charge in [-0.2, -0.15) is 4.37 Å². The summed E-state index contributed by atoms with van der Waals surface area (Å²) in [7, 11) is 0. The highest BCUT2D eigenvalue weighted by molar-refractivity contribution is 8.01. The number of halogens is 1. The summed E-state index contributed by atoms with van der Waals surface area (Å²) in [6.45, 7) is 4.81. The first-order valence-corrected chi connectivity index (χ1v) is 7.20. The van der Waals surface area contributed by atoms with Crippen molar-refractivity contribution in [1.29, 1.82) is 0 Å². The molecule has 0 unspecified atom stereocenters. The quantitative estimate of drug-likeness (QED) is 0.913. The molecule has 0 radical (unpaired) electrons. The lowest BCUT2D eigenvalue weighted by molar-refractivity contribution is 0.574. The van der Waals surface area contributed by atoms with E-state index in [0.717, 1.165) is 9.90 Å². The molecule has 1 aromatic carbocycles. The van der Waals surface area contributed by atoms with E-state index < -0.39 is 0 Å². The van der Waals surface area contributed by atoms with Gasteiger partial charge >= 0.3 is 0 Å². The molecule has 0 saturated carbocycles. The van der Waals surface area contributed by atoms with Crippen LogP contribution in [0.3, 0.4) is 0 Å². The van der Waals surface area contributed by atoms with Crippen LogP contribution in [-0.2, 0) is 6.54 Å². The molecule has 0 aliphatic heterocycles. The van der Waals surface area contributed by atoms with Gasteiger partial charge in [0.15, 0.2) is 4.34 Å². The van der Waals surface area contributed by atoms with Crippen LogP contribution in [0.5, 0.6) is 0 Å². The Kier molecular flexibility index (Phi) is 4.68. The Hall–Kier alpha value is -0.980. The highest BCUT2D eigenvalue weighted by atomic mass is 32.2. The van der Waals surface area contributed by atoms with Crippen LogP contribution >= 0.6 is 23.3 Å². The summed E-state index contributed by atoms with van der Waals surface area (Å²) in [5.41, 5.74) is 0.947. The number of benzene rings is 1. The van der Waals surface area contributed by atoms with Crippen molar-refractivity contribution >= 4 is 23.3 Å². The largest absolute Gasteiger partial charge is 0.310 e. The minimum absolute atomic E-state index is 0.210. The van der Waals surface area contributed by atoms with Gasteiger partial charge in [-0.25, -0.2) is 9.37 Å². The molecular formula is C12H14FN3S2. The van der Waals surface area contributed by atoms with Gasteiger partial charge in [0, 0.05) is 12.6 Å². The Morgan fingerprint density at radius 2 is 2.28 bits per heavy atom. The van der Waals surface area contributed by atoms with Gasteiger partial charge in [-0.15, -0.1) is 0 Å². The number of nitrogens with zero attached hydrogens (tertiary/aromatic N) is 2. The molecule has 96 valence electrons. The molecule has 3 nitrogen and oxygen atoms in total. The fourth-order valence-corrected chi connectivity index (χ4v) is 2.77. The normalized spacial score (nSPS) is 11.1. The molecule has 0 aliphatic rings. The topological polar surface area (TPSA) is 37.8 Å². The summed E-state index contributed by atoms with van der Waals surface area (Å²) >= 11 is 2.57. The summed E-state index contributed by atoms with van der Waals surface area (Å²) in [5.74, 6) is -0.210. The van der Waals surface area contributed by atoms with Crippen LogP contribution in [0.25, 0.3) is 0 Å². The van der Waals surface area contributed by atoms with Crippen LogP contribution in [0.1, 0.15) is 19.4 Å². The van der Waals surface area contributed by atoms with Gasteiger partial charge in [-0.05, 0) is 29.2 Å². The lowest BCUT2D eigenvalue weighted by atomic mass is 10.2. The minimum Gasteiger partial charge on any atom is -0.310 e. The third-order valence-corrected chi connectivity index (χ3v) is 4.01. The van der Waals surface area contributed by atoms with Crippen LogP contribution in [0, 0.1) is 5.82 Å². The van der Waals surface area contributed by atoms with Crippen LogP contribution in [0.2, 0.25) is 0 Å². The first-order valence-electron chi connectivity index (χ1n) is 5.61. The second-order valence-corrected chi connectivity index (χ2v) is 6.18. The fourth-order valence-electron chi connectivity index (χ4n) is 1.36. The zero-order valence-electron chi connectivity index (χ0n) is 10.2. The van der Waals surface area contributed by atoms with Gasteiger partial charge in [0.25, 0.3) is 0 Å². The van der Waals surface area contributed by atoms with E-state index in [9.17, 15) is 4.39 Å². The van der Waals surface area contributed by atoms with Crippen molar-refractivity contribution in [3.05, 3.63) is 35.9 Å². The smallest absolute Gasteiger partial charge is 0.174 e. The van der Waals surface area contributed by atoms with Gasteiger partial charge in [-0.1, -0.05) is 31.7 Å². The summed E-state index contributed by atoms with van der Waals surface area (Å²) in [4.78, 5) is 4.61. The predicted octanol–water partition coefficient (Wildman–Crippen LogP) is 3.33. The van der Waals surface area contributed by atoms with Gasteiger partial charge in [0.05, 0.1) is 4.90 Å². The van der Waals surface area contributed by atoms with Crippen LogP contribution < -0.4 is 5.32 Å². The Morgan fingerprint density at radius 3 is 2.89 bits per heavy atom. The maximum atomic E-state index is 13.9. The molecule has 6 heteroatoms. The zero-order valence-corrected chi connectivity index (χ0v) is 11.8. The van der Waals surface area contributed by atoms with E-state index in [4.69, 9.17) is 0 Å². The predicted molar refractivity (Wildman–Crippen MR) is 72.4 cm³/mol. The first kappa shape index (κ1) is 13.5. The number of rotatable bonds is 5. The van der Waals surface area contributed by atoms with Gasteiger partial charge in [-0.3, -0.25) is 0 Å². The van der Waals surface area contributed by atoms with Crippen molar-refractivity contribution in [2.24, 2.45) is 0 Å². The van der Waals surface area contributed by atoms with E-state index in [-0.39, 0.29) is 5.82 Å². The molecular weight excluding hydrogens is 269 g/mol. The lowest BCUT2D eigenvalue weighted by Crippen LogP contribution is -2.21. The minimum atomic E-state index is -0.210. The van der Waals surface area contributed by atoms with E-state index in [2.05, 4.69) is 28.5 Å². The van der Waals surface area contributed by atoms with Crippen LogP contribution in [0.15, 0.2) is 33.8 Å². The van der Waals surface area contributed by atoms with Gasteiger partial charge in [0.1, 0.15) is 12.1 Å². The third-order valence-electron chi connectivity index (χ3n) is 2.25. The van der Waals surface area contributed by atoms with Crippen molar-refractivity contribution in [1.82, 2.24) is 14.7 Å². The van der Waals surface area contributed by atoms with E-state index in [0.29, 0.717) is 17.5 Å². The van der Waals surface area contributed by atoms with E-state index >= 15 is 0 Å². The number of hydrogen-bond acceptors (Lipinski definition) is 5. The molecule has 0 atom stereocenters. The summed E-state index contributed by atoms with van der Waals surface area (Å²) < 4.78 is 18.5. The molecule has 2 rings (SSSR count). The van der Waals surface area contributed by atoms with Crippen molar-refractivity contribution in [2.45, 2.75) is 35.7 Å². The Balaban J connectivity index is 2.05. The van der Waals surface area contributed by atoms with Crippen molar-refractivity contribution in [2.75, 3.05) is 0 Å². The molecule has 0 saturated heterocycles. The summed E-state index contributed by atoms with van der Waals surface area (Å²) in [6, 6.07) is 5.68. The van der Waals surface area contributed by atoms with Crippen LogP contribution in [-0.4, -0.2) is 15.4 Å². The van der Waals surface area contributed by atoms with E-state index in [1.54, 1.807) is 12.1 Å². The molecule has 1 aromatic heterocycles. The molecule has 0 bridgehead atoms. The van der Waals surface area contributed by atoms with E-state index in [1.807, 2.05) is 6.07 Å². The maximum Gasteiger partial charge on any atom is 0.174 e. The summed E-state index contributed by atoms with van der Waals surface area (Å²) in [6.07, 6.45) is 1.48. The maximum absolute atomic E-state index is 13.9. The monoisotopic (exact) mass is 283 g/mol. The standard InChI is InChI=1S/C12H14FN3S2/c1-8(2)14-6-9-3-4-11(10(13)5-9)17-12-15-7-16-18-12/h3-5,7-8,14H,6H2,1-2H3. The molecule has 0 amide bonds. The highest BCUT2D eigenvalue weighted by Crippen LogP contribution is 2.30. The summed E-state index contributed by atoms with van der Waals surface area (Å²) in [5, 5.41) is 3.26. The van der Waals surface area contributed by atoms with E-state index in [1.165, 1.54) is 29.6 Å². The second kappa shape index (κ2) is 6.26. The molecule has 1 heterocycles. The third kappa shape index (κ3) is 3.76. The number of aromatic nitrogens is 2. The van der Waals surface area contributed by atoms with Crippen LogP contribution in [0.4, 0.5) is 4.39 Å². The highest BCUT2D eigenvalue weighted by Gasteiger charge is 2.07. The molecule has 18 heavy (non-hydrogen) atoms. The first-order chi connectivity index (χ1) is 8.65. The molecule has 2 aromatic rings. The fraction of sp³-hybridized carbons (Fsp3) is 0.333. The SMILES string of the molecule is CC(C)NCc1ccc(Sc2ncns2)c(F)c1. The van der Waals surface area contributed by atoms with Crippen molar-refractivity contribution in [3.8, 4) is 0 Å². The Bertz CT molecular complexity index is 500. The second-order valence-electron chi connectivity index (χ2n) is 4.11. The van der Waals surface area contributed by atoms with Crippen molar-refractivity contribution < 1.29 is 4.39 Å².